The van der Waals surface area contributed by atoms with Crippen LogP contribution in [0.15, 0.2) is 6.20 Å². The van der Waals surface area contributed by atoms with Gasteiger partial charge >= 0.3 is 0 Å². The molecule has 1 saturated heterocycles. The van der Waals surface area contributed by atoms with Gasteiger partial charge in [-0.25, -0.2) is 0 Å². The topological polar surface area (TPSA) is 57.7 Å². The van der Waals surface area contributed by atoms with Gasteiger partial charge in [0.15, 0.2) is 5.65 Å². The molecular weight excluding hydrogens is 262 g/mol. The van der Waals surface area contributed by atoms with Gasteiger partial charge in [-0.15, -0.1) is 0 Å². The molecule has 5 nitrogen and oxygen atoms in total. The van der Waals surface area contributed by atoms with E-state index in [1.165, 1.54) is 19.3 Å². The van der Waals surface area contributed by atoms with E-state index in [4.69, 9.17) is 11.6 Å². The number of aromatic amines is 1. The van der Waals surface area contributed by atoms with Crippen LogP contribution in [0.5, 0.6) is 0 Å². The first-order valence-corrected chi connectivity index (χ1v) is 7.17. The summed E-state index contributed by atoms with van der Waals surface area (Å²) in [4.78, 5) is 10.9. The van der Waals surface area contributed by atoms with Crippen LogP contribution in [0.3, 0.4) is 0 Å². The SMILES string of the molecule is CCC1(CC)CCN(c2nc(Cl)nc3[nH]ncc23)C1. The molecule has 0 unspecified atom stereocenters. The molecule has 0 bridgehead atoms. The maximum atomic E-state index is 6.00. The van der Waals surface area contributed by atoms with Crippen LogP contribution in [0, 0.1) is 5.41 Å². The van der Waals surface area contributed by atoms with Crippen LogP contribution < -0.4 is 4.90 Å². The second-order valence-electron chi connectivity index (χ2n) is 5.33. The Morgan fingerprint density at radius 3 is 2.84 bits per heavy atom. The zero-order valence-electron chi connectivity index (χ0n) is 11.3. The smallest absolute Gasteiger partial charge is 0.226 e. The first-order chi connectivity index (χ1) is 9.17. The second kappa shape index (κ2) is 4.63. The number of rotatable bonds is 3. The Hall–Kier alpha value is -1.36. The molecule has 0 aliphatic carbocycles. The normalized spacial score (nSPS) is 18.4. The van der Waals surface area contributed by atoms with Gasteiger partial charge in [0.05, 0.1) is 11.6 Å². The van der Waals surface area contributed by atoms with Crippen LogP contribution in [0.1, 0.15) is 33.1 Å². The van der Waals surface area contributed by atoms with Gasteiger partial charge in [0.25, 0.3) is 0 Å². The second-order valence-corrected chi connectivity index (χ2v) is 5.67. The fraction of sp³-hybridized carbons (Fsp3) is 0.615. The quantitative estimate of drug-likeness (QED) is 0.878. The molecule has 2 aromatic rings. The molecule has 0 atom stereocenters. The maximum absolute atomic E-state index is 6.00. The Balaban J connectivity index is 1.99. The Morgan fingerprint density at radius 1 is 1.37 bits per heavy atom. The molecule has 0 radical (unpaired) electrons. The number of H-pyrrole nitrogens is 1. The molecule has 19 heavy (non-hydrogen) atoms. The summed E-state index contributed by atoms with van der Waals surface area (Å²) < 4.78 is 0. The van der Waals surface area contributed by atoms with E-state index < -0.39 is 0 Å². The van der Waals surface area contributed by atoms with Gasteiger partial charge in [0, 0.05) is 13.1 Å². The Morgan fingerprint density at radius 2 is 2.16 bits per heavy atom. The largest absolute Gasteiger partial charge is 0.355 e. The van der Waals surface area contributed by atoms with E-state index in [1.807, 2.05) is 0 Å². The minimum absolute atomic E-state index is 0.275. The number of aromatic nitrogens is 4. The van der Waals surface area contributed by atoms with Crippen LogP contribution in [0.25, 0.3) is 11.0 Å². The summed E-state index contributed by atoms with van der Waals surface area (Å²) in [5.74, 6) is 0.910. The van der Waals surface area contributed by atoms with Crippen LogP contribution in [-0.2, 0) is 0 Å². The predicted octanol–water partition coefficient (Wildman–Crippen LogP) is 3.02. The summed E-state index contributed by atoms with van der Waals surface area (Å²) >= 11 is 6.00. The lowest BCUT2D eigenvalue weighted by Crippen LogP contribution is -2.27. The lowest BCUT2D eigenvalue weighted by Gasteiger charge is -2.26. The van der Waals surface area contributed by atoms with Crippen molar-refractivity contribution in [1.29, 1.82) is 0 Å². The highest BCUT2D eigenvalue weighted by atomic mass is 35.5. The molecule has 2 aromatic heterocycles. The molecule has 1 aliphatic rings. The van der Waals surface area contributed by atoms with E-state index in [9.17, 15) is 0 Å². The molecular formula is C13H18ClN5. The summed E-state index contributed by atoms with van der Waals surface area (Å²) in [6.07, 6.45) is 5.39. The van der Waals surface area contributed by atoms with Gasteiger partial charge in [-0.2, -0.15) is 15.1 Å². The van der Waals surface area contributed by atoms with Gasteiger partial charge in [-0.3, -0.25) is 5.10 Å². The van der Waals surface area contributed by atoms with Gasteiger partial charge in [-0.1, -0.05) is 13.8 Å². The van der Waals surface area contributed by atoms with Crippen LogP contribution in [-0.4, -0.2) is 33.3 Å². The summed E-state index contributed by atoms with van der Waals surface area (Å²) in [5.41, 5.74) is 1.12. The van der Waals surface area contributed by atoms with Crippen molar-refractivity contribution in [2.24, 2.45) is 5.41 Å². The standard InChI is InChI=1S/C13H18ClN5/c1-3-13(4-2)5-6-19(8-13)11-9-7-15-18-10(9)16-12(14)17-11/h7H,3-6,8H2,1-2H3,(H,15,16,17,18). The molecule has 1 N–H and O–H groups in total. The lowest BCUT2D eigenvalue weighted by atomic mass is 9.82. The van der Waals surface area contributed by atoms with E-state index in [0.717, 1.165) is 24.3 Å². The third-order valence-corrected chi connectivity index (χ3v) is 4.67. The maximum Gasteiger partial charge on any atom is 0.226 e. The zero-order valence-corrected chi connectivity index (χ0v) is 12.0. The number of nitrogens with zero attached hydrogens (tertiary/aromatic N) is 4. The van der Waals surface area contributed by atoms with E-state index in [0.29, 0.717) is 11.1 Å². The Bertz CT molecular complexity index is 590. The molecule has 6 heteroatoms. The number of hydrogen-bond acceptors (Lipinski definition) is 4. The van der Waals surface area contributed by atoms with Gasteiger partial charge < -0.3 is 4.90 Å². The van der Waals surface area contributed by atoms with Gasteiger partial charge in [-0.05, 0) is 36.3 Å². The molecule has 1 fully saturated rings. The first kappa shape index (κ1) is 12.7. The zero-order chi connectivity index (χ0) is 13.5. The highest BCUT2D eigenvalue weighted by Crippen LogP contribution is 2.39. The fourth-order valence-corrected chi connectivity index (χ4v) is 3.14. The highest BCUT2D eigenvalue weighted by molar-refractivity contribution is 6.28. The lowest BCUT2D eigenvalue weighted by molar-refractivity contribution is 0.301. The van der Waals surface area contributed by atoms with E-state index in [1.54, 1.807) is 6.20 Å². The minimum atomic E-state index is 0.275. The first-order valence-electron chi connectivity index (χ1n) is 6.79. The third kappa shape index (κ3) is 2.06. The molecule has 3 heterocycles. The summed E-state index contributed by atoms with van der Waals surface area (Å²) in [5, 5.41) is 8.13. The van der Waals surface area contributed by atoms with Crippen molar-refractivity contribution in [3.05, 3.63) is 11.5 Å². The summed E-state index contributed by atoms with van der Waals surface area (Å²) in [7, 11) is 0. The molecule has 1 aliphatic heterocycles. The summed E-state index contributed by atoms with van der Waals surface area (Å²) in [6.45, 7) is 6.60. The number of nitrogens with one attached hydrogen (secondary N) is 1. The number of hydrogen-bond donors (Lipinski definition) is 1. The van der Waals surface area contributed by atoms with E-state index >= 15 is 0 Å². The average molecular weight is 280 g/mol. The van der Waals surface area contributed by atoms with Crippen LogP contribution in [0.2, 0.25) is 5.28 Å². The molecule has 0 spiro atoms. The third-order valence-electron chi connectivity index (χ3n) is 4.50. The number of halogens is 1. The van der Waals surface area contributed by atoms with Crippen LogP contribution >= 0.6 is 11.6 Å². The van der Waals surface area contributed by atoms with Gasteiger partial charge in [0.2, 0.25) is 5.28 Å². The van der Waals surface area contributed by atoms with Crippen LogP contribution in [0.4, 0.5) is 5.82 Å². The van der Waals surface area contributed by atoms with E-state index in [2.05, 4.69) is 38.9 Å². The highest BCUT2D eigenvalue weighted by Gasteiger charge is 2.36. The van der Waals surface area contributed by atoms with Crippen molar-refractivity contribution < 1.29 is 0 Å². The number of fused-ring (bicyclic) bond motifs is 1. The predicted molar refractivity (Wildman–Crippen MR) is 76.5 cm³/mol. The molecule has 0 saturated carbocycles. The molecule has 0 aromatic carbocycles. The fourth-order valence-electron chi connectivity index (χ4n) is 2.98. The van der Waals surface area contributed by atoms with E-state index in [-0.39, 0.29) is 5.28 Å². The van der Waals surface area contributed by atoms with Gasteiger partial charge in [0.1, 0.15) is 5.82 Å². The van der Waals surface area contributed by atoms with Crippen molar-refractivity contribution in [2.45, 2.75) is 33.1 Å². The molecule has 0 amide bonds. The van der Waals surface area contributed by atoms with Crippen molar-refractivity contribution in [2.75, 3.05) is 18.0 Å². The van der Waals surface area contributed by atoms with Crippen molar-refractivity contribution in [3.8, 4) is 0 Å². The monoisotopic (exact) mass is 279 g/mol. The molecule has 3 rings (SSSR count). The molecule has 102 valence electrons. The number of anilines is 1. The Kier molecular flexibility index (Phi) is 3.09. The average Bonchev–Trinajstić information content (AvgIpc) is 3.04. The Labute approximate surface area is 117 Å². The van der Waals surface area contributed by atoms with Crippen molar-refractivity contribution >= 4 is 28.5 Å². The summed E-state index contributed by atoms with van der Waals surface area (Å²) in [6, 6.07) is 0. The van der Waals surface area contributed by atoms with Crippen molar-refractivity contribution in [1.82, 2.24) is 20.2 Å². The van der Waals surface area contributed by atoms with Crippen molar-refractivity contribution in [3.63, 3.8) is 0 Å². The minimum Gasteiger partial charge on any atom is -0.355 e.